The lowest BCUT2D eigenvalue weighted by molar-refractivity contribution is 0.199. The predicted octanol–water partition coefficient (Wildman–Crippen LogP) is 2.91. The second kappa shape index (κ2) is 9.20. The largest absolute Gasteiger partial charge is 0.496 e. The maximum atomic E-state index is 6.18. The minimum Gasteiger partial charge on any atom is -0.496 e. The molecule has 0 amide bonds. The van der Waals surface area contributed by atoms with Gasteiger partial charge in [-0.1, -0.05) is 17.7 Å². The molecule has 4 heteroatoms. The lowest BCUT2D eigenvalue weighted by atomic mass is 10.1. The molecule has 1 aromatic carbocycles. The molecule has 0 fully saturated rings. The third-order valence-corrected chi connectivity index (χ3v) is 3.16. The van der Waals surface area contributed by atoms with Crippen molar-refractivity contribution >= 4 is 11.6 Å². The SMILES string of the molecule is COCCNCCCCc1c(Cl)cccc1OC. The number of rotatable bonds is 9. The first-order chi connectivity index (χ1) is 8.79. The van der Waals surface area contributed by atoms with Gasteiger partial charge in [-0.05, 0) is 37.9 Å². The van der Waals surface area contributed by atoms with E-state index in [-0.39, 0.29) is 0 Å². The Morgan fingerprint density at radius 3 is 2.72 bits per heavy atom. The van der Waals surface area contributed by atoms with Gasteiger partial charge in [0.05, 0.1) is 13.7 Å². The molecule has 0 bridgehead atoms. The third kappa shape index (κ3) is 5.25. The second-order valence-corrected chi connectivity index (χ2v) is 4.53. The maximum Gasteiger partial charge on any atom is 0.123 e. The van der Waals surface area contributed by atoms with Crippen molar-refractivity contribution in [2.24, 2.45) is 0 Å². The van der Waals surface area contributed by atoms with Crippen molar-refractivity contribution in [2.75, 3.05) is 33.9 Å². The fraction of sp³-hybridized carbons (Fsp3) is 0.571. The molecule has 3 nitrogen and oxygen atoms in total. The molecular formula is C14H22ClNO2. The van der Waals surface area contributed by atoms with Crippen LogP contribution in [0.5, 0.6) is 5.75 Å². The molecule has 0 saturated carbocycles. The molecule has 18 heavy (non-hydrogen) atoms. The van der Waals surface area contributed by atoms with Gasteiger partial charge in [-0.25, -0.2) is 0 Å². The lowest BCUT2D eigenvalue weighted by Gasteiger charge is -2.10. The van der Waals surface area contributed by atoms with E-state index < -0.39 is 0 Å². The van der Waals surface area contributed by atoms with Gasteiger partial charge in [-0.2, -0.15) is 0 Å². The summed E-state index contributed by atoms with van der Waals surface area (Å²) in [6.45, 7) is 2.68. The molecule has 0 saturated heterocycles. The average Bonchev–Trinajstić information content (AvgIpc) is 2.39. The molecule has 0 atom stereocenters. The monoisotopic (exact) mass is 271 g/mol. The molecule has 0 heterocycles. The van der Waals surface area contributed by atoms with E-state index in [1.165, 1.54) is 0 Å². The molecular weight excluding hydrogens is 250 g/mol. The Hall–Kier alpha value is -0.770. The van der Waals surface area contributed by atoms with Gasteiger partial charge in [-0.15, -0.1) is 0 Å². The molecule has 102 valence electrons. The molecule has 1 rings (SSSR count). The number of halogens is 1. The Kier molecular flexibility index (Phi) is 7.81. The number of hydrogen-bond acceptors (Lipinski definition) is 3. The highest BCUT2D eigenvalue weighted by Crippen LogP contribution is 2.27. The Morgan fingerprint density at radius 1 is 1.17 bits per heavy atom. The number of ether oxygens (including phenoxy) is 2. The summed E-state index contributed by atoms with van der Waals surface area (Å²) in [5.41, 5.74) is 1.11. The van der Waals surface area contributed by atoms with Crippen LogP contribution in [0, 0.1) is 0 Å². The average molecular weight is 272 g/mol. The van der Waals surface area contributed by atoms with Crippen LogP contribution in [0.3, 0.4) is 0 Å². The van der Waals surface area contributed by atoms with Gasteiger partial charge in [-0.3, -0.25) is 0 Å². The van der Waals surface area contributed by atoms with Crippen LogP contribution < -0.4 is 10.1 Å². The fourth-order valence-electron chi connectivity index (χ4n) is 1.82. The predicted molar refractivity (Wildman–Crippen MR) is 75.7 cm³/mol. The summed E-state index contributed by atoms with van der Waals surface area (Å²) < 4.78 is 10.3. The first kappa shape index (κ1) is 15.3. The molecule has 0 aromatic heterocycles. The highest BCUT2D eigenvalue weighted by Gasteiger charge is 2.06. The standard InChI is InChI=1S/C14H22ClNO2/c1-17-11-10-16-9-4-3-6-12-13(15)7-5-8-14(12)18-2/h5,7-8,16H,3-4,6,9-11H2,1-2H3. The van der Waals surface area contributed by atoms with E-state index in [1.807, 2.05) is 18.2 Å². The Bertz CT molecular complexity index is 345. The van der Waals surface area contributed by atoms with Crippen LogP contribution in [0.25, 0.3) is 0 Å². The van der Waals surface area contributed by atoms with Gasteiger partial charge in [0.15, 0.2) is 0 Å². The van der Waals surface area contributed by atoms with E-state index in [4.69, 9.17) is 21.1 Å². The number of hydrogen-bond donors (Lipinski definition) is 1. The molecule has 1 N–H and O–H groups in total. The van der Waals surface area contributed by atoms with Crippen molar-refractivity contribution in [2.45, 2.75) is 19.3 Å². The molecule has 0 unspecified atom stereocenters. The van der Waals surface area contributed by atoms with E-state index in [9.17, 15) is 0 Å². The summed E-state index contributed by atoms with van der Waals surface area (Å²) in [5, 5.41) is 4.12. The molecule has 0 aliphatic rings. The lowest BCUT2D eigenvalue weighted by Crippen LogP contribution is -2.20. The number of unbranched alkanes of at least 4 members (excludes halogenated alkanes) is 1. The van der Waals surface area contributed by atoms with Crippen molar-refractivity contribution in [3.05, 3.63) is 28.8 Å². The normalized spacial score (nSPS) is 10.6. The zero-order chi connectivity index (χ0) is 13.2. The summed E-state index contributed by atoms with van der Waals surface area (Å²) in [6.07, 6.45) is 3.17. The fourth-order valence-corrected chi connectivity index (χ4v) is 2.08. The highest BCUT2D eigenvalue weighted by molar-refractivity contribution is 6.31. The number of benzene rings is 1. The number of methoxy groups -OCH3 is 2. The van der Waals surface area contributed by atoms with E-state index in [0.29, 0.717) is 0 Å². The zero-order valence-electron chi connectivity index (χ0n) is 11.2. The summed E-state index contributed by atoms with van der Waals surface area (Å²) >= 11 is 6.18. The van der Waals surface area contributed by atoms with E-state index in [0.717, 1.165) is 55.3 Å². The van der Waals surface area contributed by atoms with Gasteiger partial charge in [0.25, 0.3) is 0 Å². The van der Waals surface area contributed by atoms with Crippen LogP contribution in [-0.2, 0) is 11.2 Å². The zero-order valence-corrected chi connectivity index (χ0v) is 11.9. The van der Waals surface area contributed by atoms with Crippen molar-refractivity contribution in [3.63, 3.8) is 0 Å². The second-order valence-electron chi connectivity index (χ2n) is 4.12. The van der Waals surface area contributed by atoms with Crippen LogP contribution in [0.1, 0.15) is 18.4 Å². The van der Waals surface area contributed by atoms with Gasteiger partial charge in [0, 0.05) is 24.2 Å². The van der Waals surface area contributed by atoms with Crippen LogP contribution in [0.4, 0.5) is 0 Å². The summed E-state index contributed by atoms with van der Waals surface area (Å²) in [5.74, 6) is 0.884. The Morgan fingerprint density at radius 2 is 2.00 bits per heavy atom. The third-order valence-electron chi connectivity index (χ3n) is 2.81. The maximum absolute atomic E-state index is 6.18. The Balaban J connectivity index is 2.26. The Labute approximate surface area is 114 Å². The molecule has 0 aliphatic heterocycles. The summed E-state index contributed by atoms with van der Waals surface area (Å²) in [4.78, 5) is 0. The van der Waals surface area contributed by atoms with Crippen molar-refractivity contribution in [1.82, 2.24) is 5.32 Å². The summed E-state index contributed by atoms with van der Waals surface area (Å²) in [6, 6.07) is 5.78. The summed E-state index contributed by atoms with van der Waals surface area (Å²) in [7, 11) is 3.40. The quantitative estimate of drug-likeness (QED) is 0.701. The van der Waals surface area contributed by atoms with Crippen LogP contribution >= 0.6 is 11.6 Å². The van der Waals surface area contributed by atoms with Crippen LogP contribution in [0.2, 0.25) is 5.02 Å². The smallest absolute Gasteiger partial charge is 0.123 e. The topological polar surface area (TPSA) is 30.5 Å². The van der Waals surface area contributed by atoms with Crippen LogP contribution in [0.15, 0.2) is 18.2 Å². The van der Waals surface area contributed by atoms with Gasteiger partial charge < -0.3 is 14.8 Å². The molecule has 1 aromatic rings. The van der Waals surface area contributed by atoms with Crippen LogP contribution in [-0.4, -0.2) is 33.9 Å². The first-order valence-electron chi connectivity index (χ1n) is 6.30. The van der Waals surface area contributed by atoms with Crippen molar-refractivity contribution < 1.29 is 9.47 Å². The molecule has 0 radical (unpaired) electrons. The van der Waals surface area contributed by atoms with E-state index >= 15 is 0 Å². The molecule has 0 aliphatic carbocycles. The highest BCUT2D eigenvalue weighted by atomic mass is 35.5. The molecule has 0 spiro atoms. The van der Waals surface area contributed by atoms with E-state index in [1.54, 1.807) is 14.2 Å². The van der Waals surface area contributed by atoms with Crippen molar-refractivity contribution in [3.8, 4) is 5.75 Å². The minimum absolute atomic E-state index is 0.762. The van der Waals surface area contributed by atoms with E-state index in [2.05, 4.69) is 5.32 Å². The van der Waals surface area contributed by atoms with Gasteiger partial charge in [0.2, 0.25) is 0 Å². The minimum atomic E-state index is 0.762. The van der Waals surface area contributed by atoms with Crippen molar-refractivity contribution in [1.29, 1.82) is 0 Å². The van der Waals surface area contributed by atoms with Gasteiger partial charge >= 0.3 is 0 Å². The first-order valence-corrected chi connectivity index (χ1v) is 6.68. The number of nitrogens with one attached hydrogen (secondary N) is 1. The van der Waals surface area contributed by atoms with Gasteiger partial charge in [0.1, 0.15) is 5.75 Å².